The maximum atomic E-state index is 11.8. The average Bonchev–Trinajstić information content (AvgIpc) is 2.80. The second-order valence-corrected chi connectivity index (χ2v) is 4.16. The van der Waals surface area contributed by atoms with Crippen LogP contribution in [0.2, 0.25) is 0 Å². The molecule has 1 saturated carbocycles. The van der Waals surface area contributed by atoms with Gasteiger partial charge in [-0.05, 0) is 12.8 Å². The maximum Gasteiger partial charge on any atom is 0.223 e. The maximum absolute atomic E-state index is 11.8. The van der Waals surface area contributed by atoms with Crippen LogP contribution in [-0.2, 0) is 11.3 Å². The summed E-state index contributed by atoms with van der Waals surface area (Å²) in [7, 11) is 0. The molecule has 1 aliphatic carbocycles. The summed E-state index contributed by atoms with van der Waals surface area (Å²) in [4.78, 5) is 11.8. The smallest absolute Gasteiger partial charge is 0.223 e. The summed E-state index contributed by atoms with van der Waals surface area (Å²) in [6.45, 7) is 0.589. The third-order valence-corrected chi connectivity index (χ3v) is 3.00. The van der Waals surface area contributed by atoms with Gasteiger partial charge in [-0.25, -0.2) is 0 Å². The number of nitrogens with one attached hydrogen (secondary N) is 2. The van der Waals surface area contributed by atoms with Gasteiger partial charge >= 0.3 is 0 Å². The molecule has 0 aromatic carbocycles. The van der Waals surface area contributed by atoms with Gasteiger partial charge in [0.15, 0.2) is 0 Å². The van der Waals surface area contributed by atoms with Crippen LogP contribution in [0.15, 0.2) is 12.4 Å². The Labute approximate surface area is 89.5 Å². The molecule has 0 radical (unpaired) electrons. The molecule has 2 N–H and O–H groups in total. The standard InChI is InChI=1S/C11H17N3O/c15-11(10-4-2-1-3-5-10)12-6-9-7-13-14-8-9/h7-8,10H,1-6H2,(H,12,15)(H,13,14). The summed E-state index contributed by atoms with van der Waals surface area (Å²) < 4.78 is 0. The molecule has 2 rings (SSSR count). The minimum atomic E-state index is 0.205. The van der Waals surface area contributed by atoms with E-state index < -0.39 is 0 Å². The predicted octanol–water partition coefficient (Wildman–Crippen LogP) is 1.61. The molecule has 1 fully saturated rings. The molecule has 1 heterocycles. The summed E-state index contributed by atoms with van der Waals surface area (Å²) in [5, 5.41) is 9.52. The summed E-state index contributed by atoms with van der Waals surface area (Å²) in [5.74, 6) is 0.446. The zero-order valence-electron chi connectivity index (χ0n) is 8.83. The number of aromatic amines is 1. The molecule has 15 heavy (non-hydrogen) atoms. The van der Waals surface area contributed by atoms with Gasteiger partial charge in [0.25, 0.3) is 0 Å². The van der Waals surface area contributed by atoms with Crippen molar-refractivity contribution in [1.29, 1.82) is 0 Å². The van der Waals surface area contributed by atoms with E-state index in [4.69, 9.17) is 0 Å². The zero-order valence-corrected chi connectivity index (χ0v) is 8.83. The fourth-order valence-corrected chi connectivity index (χ4v) is 2.07. The molecule has 0 spiro atoms. The molecule has 0 saturated heterocycles. The Morgan fingerprint density at radius 2 is 2.27 bits per heavy atom. The van der Waals surface area contributed by atoms with Gasteiger partial charge in [-0.2, -0.15) is 5.10 Å². The van der Waals surface area contributed by atoms with Crippen LogP contribution >= 0.6 is 0 Å². The van der Waals surface area contributed by atoms with E-state index in [1.165, 1.54) is 19.3 Å². The van der Waals surface area contributed by atoms with Crippen molar-refractivity contribution in [2.24, 2.45) is 5.92 Å². The number of hydrogen-bond donors (Lipinski definition) is 2. The topological polar surface area (TPSA) is 57.8 Å². The van der Waals surface area contributed by atoms with Crippen molar-refractivity contribution in [2.75, 3.05) is 0 Å². The van der Waals surface area contributed by atoms with Gasteiger partial charge in [0.1, 0.15) is 0 Å². The number of carbonyl (C=O) groups is 1. The first-order valence-corrected chi connectivity index (χ1v) is 5.61. The largest absolute Gasteiger partial charge is 0.352 e. The van der Waals surface area contributed by atoms with Gasteiger partial charge in [-0.1, -0.05) is 19.3 Å². The number of aromatic nitrogens is 2. The lowest BCUT2D eigenvalue weighted by Gasteiger charge is -2.20. The van der Waals surface area contributed by atoms with Crippen LogP contribution in [0.3, 0.4) is 0 Å². The summed E-state index contributed by atoms with van der Waals surface area (Å²) in [6, 6.07) is 0. The predicted molar refractivity (Wildman–Crippen MR) is 57.0 cm³/mol. The Morgan fingerprint density at radius 1 is 1.47 bits per heavy atom. The first kappa shape index (κ1) is 10.2. The van der Waals surface area contributed by atoms with Gasteiger partial charge in [0.05, 0.1) is 6.20 Å². The number of rotatable bonds is 3. The van der Waals surface area contributed by atoms with Crippen LogP contribution in [0.5, 0.6) is 0 Å². The lowest BCUT2D eigenvalue weighted by atomic mass is 9.89. The van der Waals surface area contributed by atoms with E-state index in [2.05, 4.69) is 15.5 Å². The van der Waals surface area contributed by atoms with Crippen molar-refractivity contribution >= 4 is 5.91 Å². The molecule has 82 valence electrons. The Morgan fingerprint density at radius 3 is 2.93 bits per heavy atom. The Kier molecular flexibility index (Phi) is 3.37. The van der Waals surface area contributed by atoms with Crippen LogP contribution in [0.1, 0.15) is 37.7 Å². The molecule has 1 amide bonds. The van der Waals surface area contributed by atoms with E-state index >= 15 is 0 Å². The van der Waals surface area contributed by atoms with Gasteiger partial charge < -0.3 is 5.32 Å². The lowest BCUT2D eigenvalue weighted by Crippen LogP contribution is -2.31. The first-order valence-electron chi connectivity index (χ1n) is 5.61. The third-order valence-electron chi connectivity index (χ3n) is 3.00. The van der Waals surface area contributed by atoms with Crippen LogP contribution in [0, 0.1) is 5.92 Å². The number of amides is 1. The fraction of sp³-hybridized carbons (Fsp3) is 0.636. The molecule has 0 atom stereocenters. The minimum absolute atomic E-state index is 0.205. The number of carbonyl (C=O) groups excluding carboxylic acids is 1. The second-order valence-electron chi connectivity index (χ2n) is 4.16. The van der Waals surface area contributed by atoms with E-state index in [0.29, 0.717) is 6.54 Å². The van der Waals surface area contributed by atoms with E-state index in [-0.39, 0.29) is 11.8 Å². The highest BCUT2D eigenvalue weighted by atomic mass is 16.1. The lowest BCUT2D eigenvalue weighted by molar-refractivity contribution is -0.126. The first-order chi connectivity index (χ1) is 7.36. The fourth-order valence-electron chi connectivity index (χ4n) is 2.07. The average molecular weight is 207 g/mol. The van der Waals surface area contributed by atoms with E-state index in [1.54, 1.807) is 12.4 Å². The van der Waals surface area contributed by atoms with Crippen LogP contribution in [-0.4, -0.2) is 16.1 Å². The zero-order chi connectivity index (χ0) is 10.5. The molecule has 4 heteroatoms. The highest BCUT2D eigenvalue weighted by molar-refractivity contribution is 5.78. The van der Waals surface area contributed by atoms with Crippen molar-refractivity contribution in [2.45, 2.75) is 38.6 Å². The van der Waals surface area contributed by atoms with Crippen molar-refractivity contribution in [1.82, 2.24) is 15.5 Å². The highest BCUT2D eigenvalue weighted by Gasteiger charge is 2.20. The van der Waals surface area contributed by atoms with Crippen LogP contribution in [0.25, 0.3) is 0 Å². The molecule has 1 aliphatic rings. The van der Waals surface area contributed by atoms with Crippen LogP contribution < -0.4 is 5.32 Å². The molecular weight excluding hydrogens is 190 g/mol. The van der Waals surface area contributed by atoms with Crippen molar-refractivity contribution in [3.8, 4) is 0 Å². The van der Waals surface area contributed by atoms with Crippen molar-refractivity contribution in [3.05, 3.63) is 18.0 Å². The number of hydrogen-bond acceptors (Lipinski definition) is 2. The highest BCUT2D eigenvalue weighted by Crippen LogP contribution is 2.23. The minimum Gasteiger partial charge on any atom is -0.352 e. The van der Waals surface area contributed by atoms with Gasteiger partial charge in [0.2, 0.25) is 5.91 Å². The molecule has 0 unspecified atom stereocenters. The molecule has 4 nitrogen and oxygen atoms in total. The monoisotopic (exact) mass is 207 g/mol. The molecule has 1 aromatic heterocycles. The summed E-state index contributed by atoms with van der Waals surface area (Å²) in [6.07, 6.45) is 9.33. The second kappa shape index (κ2) is 4.96. The Balaban J connectivity index is 1.76. The molecule has 0 bridgehead atoms. The number of H-pyrrole nitrogens is 1. The van der Waals surface area contributed by atoms with Gasteiger partial charge in [-0.3, -0.25) is 9.89 Å². The summed E-state index contributed by atoms with van der Waals surface area (Å²) in [5.41, 5.74) is 1.03. The van der Waals surface area contributed by atoms with E-state index in [1.807, 2.05) is 0 Å². The van der Waals surface area contributed by atoms with Gasteiger partial charge in [-0.15, -0.1) is 0 Å². The van der Waals surface area contributed by atoms with Gasteiger partial charge in [0, 0.05) is 24.2 Å². The van der Waals surface area contributed by atoms with Crippen molar-refractivity contribution < 1.29 is 4.79 Å². The summed E-state index contributed by atoms with van der Waals surface area (Å²) >= 11 is 0. The Hall–Kier alpha value is -1.32. The number of nitrogens with zero attached hydrogens (tertiary/aromatic N) is 1. The van der Waals surface area contributed by atoms with Crippen molar-refractivity contribution in [3.63, 3.8) is 0 Å². The molecule has 1 aromatic rings. The Bertz CT molecular complexity index is 302. The SMILES string of the molecule is O=C(NCc1cn[nH]c1)C1CCCCC1. The molecular formula is C11H17N3O. The third kappa shape index (κ3) is 2.81. The van der Waals surface area contributed by atoms with Crippen LogP contribution in [0.4, 0.5) is 0 Å². The van der Waals surface area contributed by atoms with E-state index in [0.717, 1.165) is 18.4 Å². The quantitative estimate of drug-likeness (QED) is 0.791. The normalized spacial score (nSPS) is 17.6. The molecule has 0 aliphatic heterocycles. The van der Waals surface area contributed by atoms with E-state index in [9.17, 15) is 4.79 Å².